The maximum absolute atomic E-state index is 12.4. The zero-order chi connectivity index (χ0) is 22.6. The van der Waals surface area contributed by atoms with Crippen LogP contribution >= 0.6 is 0 Å². The quantitative estimate of drug-likeness (QED) is 0.476. The molecule has 0 spiro atoms. The Morgan fingerprint density at radius 2 is 1.90 bits per heavy atom. The van der Waals surface area contributed by atoms with Crippen molar-refractivity contribution in [2.75, 3.05) is 17.5 Å². The van der Waals surface area contributed by atoms with E-state index in [1.807, 2.05) is 4.72 Å². The molecule has 0 saturated heterocycles. The van der Waals surface area contributed by atoms with Crippen LogP contribution in [0.3, 0.4) is 0 Å². The summed E-state index contributed by atoms with van der Waals surface area (Å²) in [5.41, 5.74) is 3.09. The second kappa shape index (κ2) is 8.68. The molecule has 8 nitrogen and oxygen atoms in total. The Kier molecular flexibility index (Phi) is 6.20. The molecule has 0 radical (unpaired) electrons. The molecule has 3 aromatic rings. The van der Waals surface area contributed by atoms with E-state index in [1.54, 1.807) is 31.4 Å². The highest BCUT2D eigenvalue weighted by Gasteiger charge is 2.35. The number of anilines is 1. The fourth-order valence-electron chi connectivity index (χ4n) is 2.76. The van der Waals surface area contributed by atoms with Gasteiger partial charge in [0.25, 0.3) is 0 Å². The molecule has 12 heteroatoms. The fraction of sp³-hybridized carbons (Fsp3) is 0.158. The third-order valence-electron chi connectivity index (χ3n) is 3.99. The van der Waals surface area contributed by atoms with E-state index < -0.39 is 22.0 Å². The van der Waals surface area contributed by atoms with Crippen molar-refractivity contribution in [2.45, 2.75) is 6.18 Å². The highest BCUT2D eigenvalue weighted by Crippen LogP contribution is 2.26. The number of pyridine rings is 1. The van der Waals surface area contributed by atoms with Crippen LogP contribution in [-0.2, 0) is 10.0 Å². The van der Waals surface area contributed by atoms with Gasteiger partial charge in [0.15, 0.2) is 5.75 Å². The number of nitrogens with zero attached hydrogens (tertiary/aromatic N) is 3. The van der Waals surface area contributed by atoms with Gasteiger partial charge in [-0.1, -0.05) is 6.07 Å². The normalized spacial score (nSPS) is 12.6. The van der Waals surface area contributed by atoms with E-state index >= 15 is 0 Å². The zero-order valence-electron chi connectivity index (χ0n) is 16.1. The molecule has 0 fully saturated rings. The average molecular weight is 450 g/mol. The van der Waals surface area contributed by atoms with Gasteiger partial charge in [0, 0.05) is 36.8 Å². The van der Waals surface area contributed by atoms with Gasteiger partial charge in [0.2, 0.25) is 10.0 Å². The van der Waals surface area contributed by atoms with Crippen LogP contribution in [0.2, 0.25) is 0 Å². The maximum Gasteiger partial charge on any atom is 0.404 e. The van der Waals surface area contributed by atoms with Crippen molar-refractivity contribution >= 4 is 38.5 Å². The molecular formula is C19H17F3N6O2S. The predicted octanol–water partition coefficient (Wildman–Crippen LogP) is 3.21. The molecule has 0 amide bonds. The summed E-state index contributed by atoms with van der Waals surface area (Å²) < 4.78 is 62.6. The molecule has 3 rings (SSSR count). The first-order valence-electron chi connectivity index (χ1n) is 8.78. The molecule has 0 saturated carbocycles. The third kappa shape index (κ3) is 5.75. The van der Waals surface area contributed by atoms with E-state index in [2.05, 4.69) is 20.3 Å². The van der Waals surface area contributed by atoms with E-state index in [4.69, 9.17) is 5.41 Å². The van der Waals surface area contributed by atoms with Gasteiger partial charge in [-0.2, -0.15) is 13.2 Å². The molecule has 2 heterocycles. The second-order valence-corrected chi connectivity index (χ2v) is 8.15. The lowest BCUT2D eigenvalue weighted by molar-refractivity contribution is -0.106. The Bertz CT molecular complexity index is 1260. The summed E-state index contributed by atoms with van der Waals surface area (Å²) in [5, 5.41) is 10.3. The van der Waals surface area contributed by atoms with Gasteiger partial charge in [-0.3, -0.25) is 14.7 Å². The molecule has 0 aliphatic heterocycles. The fourth-order valence-corrected chi connectivity index (χ4v) is 3.73. The van der Waals surface area contributed by atoms with Gasteiger partial charge in [-0.05, 0) is 23.8 Å². The monoisotopic (exact) mass is 450 g/mol. The number of hydrogen-bond acceptors (Lipinski definition) is 7. The third-order valence-corrected chi connectivity index (χ3v) is 5.25. The minimum atomic E-state index is -4.86. The number of rotatable bonds is 7. The van der Waals surface area contributed by atoms with Crippen molar-refractivity contribution in [3.63, 3.8) is 0 Å². The van der Waals surface area contributed by atoms with Crippen molar-refractivity contribution in [1.29, 1.82) is 5.41 Å². The first-order chi connectivity index (χ1) is 14.6. The van der Waals surface area contributed by atoms with Gasteiger partial charge in [-0.25, -0.2) is 13.4 Å². The number of benzene rings is 1. The first kappa shape index (κ1) is 22.2. The van der Waals surface area contributed by atoms with Crippen LogP contribution in [0.4, 0.5) is 18.9 Å². The first-order valence-corrected chi connectivity index (χ1v) is 10.4. The van der Waals surface area contributed by atoms with E-state index in [9.17, 15) is 21.6 Å². The van der Waals surface area contributed by atoms with Crippen LogP contribution in [0.5, 0.6) is 0 Å². The van der Waals surface area contributed by atoms with E-state index in [1.165, 1.54) is 18.5 Å². The van der Waals surface area contributed by atoms with Crippen LogP contribution < -0.4 is 10.0 Å². The van der Waals surface area contributed by atoms with E-state index in [-0.39, 0.29) is 5.69 Å². The number of alkyl halides is 3. The molecule has 3 N–H and O–H groups in total. The summed E-state index contributed by atoms with van der Waals surface area (Å²) in [6, 6.07) is 6.48. The van der Waals surface area contributed by atoms with Crippen molar-refractivity contribution in [3.05, 3.63) is 54.7 Å². The number of halogens is 3. The smallest absolute Gasteiger partial charge is 0.393 e. The molecule has 0 bridgehead atoms. The Hall–Kier alpha value is -3.54. The van der Waals surface area contributed by atoms with Crippen LogP contribution in [0, 0.1) is 5.41 Å². The SMILES string of the molecule is CN/C=C(\C=N)c1cnc2ccc(-c3cncc(NS(=O)(=O)CC(F)(F)F)c3)cc2n1. The summed E-state index contributed by atoms with van der Waals surface area (Å²) >= 11 is 0. The van der Waals surface area contributed by atoms with Gasteiger partial charge >= 0.3 is 6.18 Å². The number of allylic oxidation sites excluding steroid dienone is 1. The Balaban J connectivity index is 1.95. The van der Waals surface area contributed by atoms with Crippen molar-refractivity contribution in [3.8, 4) is 11.1 Å². The van der Waals surface area contributed by atoms with E-state index in [0.717, 1.165) is 12.4 Å². The molecule has 0 aliphatic carbocycles. The highest BCUT2D eigenvalue weighted by molar-refractivity contribution is 7.92. The number of aromatic nitrogens is 3. The largest absolute Gasteiger partial charge is 0.404 e. The number of hydrogen-bond donors (Lipinski definition) is 3. The second-order valence-electron chi connectivity index (χ2n) is 6.43. The summed E-state index contributed by atoms with van der Waals surface area (Å²) in [4.78, 5) is 12.7. The van der Waals surface area contributed by atoms with Crippen molar-refractivity contribution in [1.82, 2.24) is 20.3 Å². The Labute approximate surface area is 175 Å². The lowest BCUT2D eigenvalue weighted by Crippen LogP contribution is -2.27. The summed E-state index contributed by atoms with van der Waals surface area (Å²) in [6.45, 7) is 0. The highest BCUT2D eigenvalue weighted by atomic mass is 32.2. The zero-order valence-corrected chi connectivity index (χ0v) is 16.9. The average Bonchev–Trinajstić information content (AvgIpc) is 2.69. The van der Waals surface area contributed by atoms with Crippen molar-refractivity contribution < 1.29 is 21.6 Å². The van der Waals surface area contributed by atoms with Gasteiger partial charge in [0.1, 0.15) is 0 Å². The molecule has 2 aromatic heterocycles. The number of nitrogens with one attached hydrogen (secondary N) is 3. The molecule has 0 unspecified atom stereocenters. The van der Waals surface area contributed by atoms with Gasteiger partial charge in [0.05, 0.1) is 34.8 Å². The molecular weight excluding hydrogens is 433 g/mol. The van der Waals surface area contributed by atoms with E-state index in [0.29, 0.717) is 33.4 Å². The number of sulfonamides is 1. The lowest BCUT2D eigenvalue weighted by atomic mass is 10.1. The summed E-state index contributed by atoms with van der Waals surface area (Å²) in [6.07, 6.45) is 1.99. The Morgan fingerprint density at radius 1 is 1.13 bits per heavy atom. The molecule has 0 atom stereocenters. The minimum Gasteiger partial charge on any atom is -0.393 e. The molecule has 31 heavy (non-hydrogen) atoms. The molecule has 0 aliphatic rings. The van der Waals surface area contributed by atoms with Crippen LogP contribution in [-0.4, -0.2) is 48.6 Å². The lowest BCUT2D eigenvalue weighted by Gasteiger charge is -2.11. The number of fused-ring (bicyclic) bond motifs is 1. The van der Waals surface area contributed by atoms with Crippen LogP contribution in [0.1, 0.15) is 5.69 Å². The summed E-state index contributed by atoms with van der Waals surface area (Å²) in [5.74, 6) is -1.99. The summed E-state index contributed by atoms with van der Waals surface area (Å²) in [7, 11) is -2.93. The van der Waals surface area contributed by atoms with Crippen LogP contribution in [0.15, 0.2) is 49.1 Å². The minimum absolute atomic E-state index is 0.0928. The Morgan fingerprint density at radius 3 is 2.58 bits per heavy atom. The molecule has 162 valence electrons. The molecule has 1 aromatic carbocycles. The van der Waals surface area contributed by atoms with Gasteiger partial charge in [-0.15, -0.1) is 0 Å². The standard InChI is InChI=1S/C19H17F3N6O2S/c1-24-7-14(6-23)18-10-26-16-3-2-12(5-17(16)27-18)13-4-15(9-25-8-13)28-31(29,30)11-19(20,21)22/h2-10,23-24,28H,11H2,1H3/b14-7+,23-6?. The van der Waals surface area contributed by atoms with Crippen molar-refractivity contribution in [2.24, 2.45) is 0 Å². The van der Waals surface area contributed by atoms with Crippen LogP contribution in [0.25, 0.3) is 27.7 Å². The topological polar surface area (TPSA) is 121 Å². The predicted molar refractivity (Wildman–Crippen MR) is 112 cm³/mol. The van der Waals surface area contributed by atoms with Gasteiger partial charge < -0.3 is 10.7 Å². The maximum atomic E-state index is 12.4.